The summed E-state index contributed by atoms with van der Waals surface area (Å²) < 4.78 is 0. The summed E-state index contributed by atoms with van der Waals surface area (Å²) in [7, 11) is 0. The Labute approximate surface area is 79.7 Å². The first kappa shape index (κ1) is 10.7. The van der Waals surface area contributed by atoms with Crippen LogP contribution in [-0.4, -0.2) is 41.0 Å². The van der Waals surface area contributed by atoms with E-state index >= 15 is 0 Å². The van der Waals surface area contributed by atoms with Gasteiger partial charge in [0.05, 0.1) is 12.1 Å². The van der Waals surface area contributed by atoms with Crippen molar-refractivity contribution < 1.29 is 9.90 Å². The fourth-order valence-electron chi connectivity index (χ4n) is 1.91. The lowest BCUT2D eigenvalue weighted by Crippen LogP contribution is -2.49. The molecule has 0 aromatic rings. The number of likely N-dealkylation sites (tertiary alicyclic amines) is 1. The number of hydrogen-bond donors (Lipinski definition) is 1. The Morgan fingerprint density at radius 3 is 2.69 bits per heavy atom. The van der Waals surface area contributed by atoms with E-state index in [9.17, 15) is 9.90 Å². The molecule has 0 radical (unpaired) electrons. The second-order valence-electron chi connectivity index (χ2n) is 3.92. The maximum Gasteiger partial charge on any atom is 0.137 e. The van der Waals surface area contributed by atoms with Gasteiger partial charge in [-0.3, -0.25) is 4.90 Å². The number of carbonyl (C=O) groups is 1. The molecule has 1 heterocycles. The van der Waals surface area contributed by atoms with Gasteiger partial charge in [0.15, 0.2) is 0 Å². The number of hydrogen-bond acceptors (Lipinski definition) is 3. The van der Waals surface area contributed by atoms with Gasteiger partial charge < -0.3 is 9.90 Å². The van der Waals surface area contributed by atoms with E-state index in [4.69, 9.17) is 0 Å². The van der Waals surface area contributed by atoms with Crippen molar-refractivity contribution in [3.63, 3.8) is 0 Å². The number of aliphatic hydroxyl groups excluding tert-OH is 1. The third-order valence-corrected chi connectivity index (χ3v) is 2.97. The molecule has 1 saturated heterocycles. The van der Waals surface area contributed by atoms with Crippen molar-refractivity contribution in [3.8, 4) is 0 Å². The first-order valence-electron chi connectivity index (χ1n) is 5.06. The van der Waals surface area contributed by atoms with E-state index in [2.05, 4.69) is 4.90 Å². The zero-order valence-corrected chi connectivity index (χ0v) is 8.44. The molecule has 1 rings (SSSR count). The lowest BCUT2D eigenvalue weighted by molar-refractivity contribution is -0.115. The minimum absolute atomic E-state index is 0.0262. The van der Waals surface area contributed by atoms with Crippen LogP contribution in [0, 0.1) is 0 Å². The molecular formula is C10H19NO2. The maximum absolute atomic E-state index is 10.8. The van der Waals surface area contributed by atoms with Crippen molar-refractivity contribution in [3.05, 3.63) is 0 Å². The Balaban J connectivity index is 2.58. The van der Waals surface area contributed by atoms with Gasteiger partial charge in [-0.05, 0) is 33.2 Å². The number of piperidine rings is 1. The molecule has 1 aliphatic heterocycles. The summed E-state index contributed by atoms with van der Waals surface area (Å²) in [6.07, 6.45) is 3.87. The number of aldehydes is 1. The lowest BCUT2D eigenvalue weighted by Gasteiger charge is -2.38. The highest BCUT2D eigenvalue weighted by molar-refractivity contribution is 5.57. The molecule has 0 saturated carbocycles. The van der Waals surface area contributed by atoms with Crippen LogP contribution in [0.5, 0.6) is 0 Å². The van der Waals surface area contributed by atoms with Crippen LogP contribution in [0.1, 0.15) is 33.1 Å². The Bertz CT molecular complexity index is 170. The Morgan fingerprint density at radius 1 is 1.46 bits per heavy atom. The molecule has 0 spiro atoms. The van der Waals surface area contributed by atoms with Crippen molar-refractivity contribution in [1.29, 1.82) is 0 Å². The molecule has 0 aromatic carbocycles. The molecule has 1 aliphatic rings. The van der Waals surface area contributed by atoms with Crippen LogP contribution in [0.15, 0.2) is 0 Å². The predicted octanol–water partition coefficient (Wildman–Crippen LogP) is 0.809. The van der Waals surface area contributed by atoms with Gasteiger partial charge in [0.2, 0.25) is 0 Å². The number of nitrogens with zero attached hydrogens (tertiary/aromatic N) is 1. The highest BCUT2D eigenvalue weighted by Crippen LogP contribution is 2.19. The molecule has 3 nitrogen and oxygen atoms in total. The molecule has 76 valence electrons. The van der Waals surface area contributed by atoms with Crippen LogP contribution in [-0.2, 0) is 4.79 Å². The fraction of sp³-hybridized carbons (Fsp3) is 0.900. The second-order valence-corrected chi connectivity index (χ2v) is 3.92. The van der Waals surface area contributed by atoms with E-state index in [1.54, 1.807) is 6.92 Å². The average Bonchev–Trinajstić information content (AvgIpc) is 2.16. The van der Waals surface area contributed by atoms with Crippen molar-refractivity contribution in [2.24, 2.45) is 0 Å². The van der Waals surface area contributed by atoms with Gasteiger partial charge >= 0.3 is 0 Å². The van der Waals surface area contributed by atoms with Gasteiger partial charge in [0.1, 0.15) is 6.29 Å². The van der Waals surface area contributed by atoms with E-state index < -0.39 is 0 Å². The summed E-state index contributed by atoms with van der Waals surface area (Å²) >= 11 is 0. The van der Waals surface area contributed by atoms with Gasteiger partial charge in [-0.15, -0.1) is 0 Å². The first-order chi connectivity index (χ1) is 6.16. The third-order valence-electron chi connectivity index (χ3n) is 2.97. The molecule has 3 unspecified atom stereocenters. The van der Waals surface area contributed by atoms with E-state index in [-0.39, 0.29) is 18.2 Å². The van der Waals surface area contributed by atoms with Crippen LogP contribution in [0.3, 0.4) is 0 Å². The molecule has 0 aromatic heterocycles. The Kier molecular flexibility index (Phi) is 3.88. The molecule has 3 atom stereocenters. The first-order valence-corrected chi connectivity index (χ1v) is 5.06. The zero-order valence-electron chi connectivity index (χ0n) is 8.44. The predicted molar refractivity (Wildman–Crippen MR) is 51.6 cm³/mol. The normalized spacial score (nSPS) is 29.6. The van der Waals surface area contributed by atoms with Gasteiger partial charge in [-0.1, -0.05) is 6.42 Å². The van der Waals surface area contributed by atoms with Gasteiger partial charge in [-0.25, -0.2) is 0 Å². The maximum atomic E-state index is 10.8. The number of carbonyl (C=O) groups excluding carboxylic acids is 1. The van der Waals surface area contributed by atoms with Crippen LogP contribution in [0.25, 0.3) is 0 Å². The third kappa shape index (κ3) is 2.51. The van der Waals surface area contributed by atoms with Crippen LogP contribution >= 0.6 is 0 Å². The lowest BCUT2D eigenvalue weighted by atomic mass is 9.99. The Hall–Kier alpha value is -0.410. The molecule has 1 N–H and O–H groups in total. The SMILES string of the molecule is CC(O)C(C)N1CCCCC1C=O. The van der Waals surface area contributed by atoms with E-state index in [0.717, 1.165) is 32.1 Å². The minimum atomic E-state index is -0.361. The molecule has 13 heavy (non-hydrogen) atoms. The number of rotatable bonds is 3. The van der Waals surface area contributed by atoms with Crippen molar-refractivity contribution >= 4 is 6.29 Å². The summed E-state index contributed by atoms with van der Waals surface area (Å²) in [4.78, 5) is 12.9. The van der Waals surface area contributed by atoms with Gasteiger partial charge in [0, 0.05) is 6.04 Å². The molecular weight excluding hydrogens is 166 g/mol. The highest BCUT2D eigenvalue weighted by Gasteiger charge is 2.27. The van der Waals surface area contributed by atoms with Crippen LogP contribution < -0.4 is 0 Å². The average molecular weight is 185 g/mol. The molecule has 3 heteroatoms. The highest BCUT2D eigenvalue weighted by atomic mass is 16.3. The van der Waals surface area contributed by atoms with E-state index in [0.29, 0.717) is 0 Å². The molecule has 0 aliphatic carbocycles. The smallest absolute Gasteiger partial charge is 0.137 e. The van der Waals surface area contributed by atoms with Gasteiger partial charge in [-0.2, -0.15) is 0 Å². The van der Waals surface area contributed by atoms with Crippen molar-refractivity contribution in [1.82, 2.24) is 4.90 Å². The number of aliphatic hydroxyl groups is 1. The van der Waals surface area contributed by atoms with E-state index in [1.807, 2.05) is 6.92 Å². The molecule has 0 bridgehead atoms. The van der Waals surface area contributed by atoms with Gasteiger partial charge in [0.25, 0.3) is 0 Å². The van der Waals surface area contributed by atoms with E-state index in [1.165, 1.54) is 0 Å². The standard InChI is InChI=1S/C10H19NO2/c1-8(9(2)13)11-6-4-3-5-10(11)7-12/h7-10,13H,3-6H2,1-2H3. The minimum Gasteiger partial charge on any atom is -0.392 e. The summed E-state index contributed by atoms with van der Waals surface area (Å²) in [5, 5.41) is 9.43. The summed E-state index contributed by atoms with van der Waals surface area (Å²) in [6.45, 7) is 4.70. The summed E-state index contributed by atoms with van der Waals surface area (Å²) in [5.74, 6) is 0. The largest absolute Gasteiger partial charge is 0.392 e. The molecule has 0 amide bonds. The van der Waals surface area contributed by atoms with Crippen molar-refractivity contribution in [2.75, 3.05) is 6.54 Å². The van der Waals surface area contributed by atoms with Crippen LogP contribution in [0.2, 0.25) is 0 Å². The zero-order chi connectivity index (χ0) is 9.84. The Morgan fingerprint density at radius 2 is 2.15 bits per heavy atom. The summed E-state index contributed by atoms with van der Waals surface area (Å²) in [5.41, 5.74) is 0. The van der Waals surface area contributed by atoms with Crippen molar-refractivity contribution in [2.45, 2.75) is 51.3 Å². The molecule has 1 fully saturated rings. The quantitative estimate of drug-likeness (QED) is 0.661. The fourth-order valence-corrected chi connectivity index (χ4v) is 1.91. The topological polar surface area (TPSA) is 40.5 Å². The second kappa shape index (κ2) is 4.72. The van der Waals surface area contributed by atoms with Crippen LogP contribution in [0.4, 0.5) is 0 Å². The summed E-state index contributed by atoms with van der Waals surface area (Å²) in [6, 6.07) is 0.119. The monoisotopic (exact) mass is 185 g/mol.